The highest BCUT2D eigenvalue weighted by atomic mass is 35.5. The topological polar surface area (TPSA) is 64.3 Å². The lowest BCUT2D eigenvalue weighted by Gasteiger charge is -2.19. The van der Waals surface area contributed by atoms with Gasteiger partial charge in [0, 0.05) is 25.2 Å². The van der Waals surface area contributed by atoms with Gasteiger partial charge >= 0.3 is 0 Å². The first-order valence-corrected chi connectivity index (χ1v) is 11.4. The van der Waals surface area contributed by atoms with Crippen molar-refractivity contribution in [1.82, 2.24) is 9.55 Å². The van der Waals surface area contributed by atoms with Gasteiger partial charge < -0.3 is 14.4 Å². The fourth-order valence-corrected chi connectivity index (χ4v) is 3.97. The van der Waals surface area contributed by atoms with Crippen LogP contribution in [-0.2, 0) is 6.54 Å². The molecule has 3 aromatic rings. The molecule has 0 saturated carbocycles. The van der Waals surface area contributed by atoms with E-state index in [9.17, 15) is 9.90 Å². The van der Waals surface area contributed by atoms with Gasteiger partial charge in [-0.2, -0.15) is 0 Å². The fourth-order valence-electron chi connectivity index (χ4n) is 3.73. The van der Waals surface area contributed by atoms with Crippen molar-refractivity contribution in [3.8, 4) is 17.0 Å². The quantitative estimate of drug-likeness (QED) is 0.378. The fraction of sp³-hybridized carbons (Fsp3) is 0.385. The second-order valence-corrected chi connectivity index (χ2v) is 8.83. The van der Waals surface area contributed by atoms with Gasteiger partial charge in [-0.05, 0) is 56.4 Å². The highest BCUT2D eigenvalue weighted by Crippen LogP contribution is 2.33. The first-order valence-electron chi connectivity index (χ1n) is 11.0. The lowest BCUT2D eigenvalue weighted by Crippen LogP contribution is -2.07. The molecule has 0 radical (unpaired) electrons. The van der Waals surface area contributed by atoms with Crippen molar-refractivity contribution in [3.05, 3.63) is 70.6 Å². The second kappa shape index (κ2) is 10.3. The summed E-state index contributed by atoms with van der Waals surface area (Å²) < 4.78 is 7.55. The number of benzene rings is 2. The van der Waals surface area contributed by atoms with Gasteiger partial charge in [-0.3, -0.25) is 4.79 Å². The maximum absolute atomic E-state index is 11.8. The van der Waals surface area contributed by atoms with E-state index in [1.54, 1.807) is 0 Å². The Balaban J connectivity index is 1.70. The Labute approximate surface area is 195 Å². The Kier molecular flexibility index (Phi) is 7.75. The molecular formula is C26H31ClN2O3. The van der Waals surface area contributed by atoms with Gasteiger partial charge in [-0.1, -0.05) is 48.9 Å². The molecule has 2 unspecified atom stereocenters. The van der Waals surface area contributed by atoms with E-state index in [1.165, 1.54) is 6.92 Å². The molecule has 32 heavy (non-hydrogen) atoms. The summed E-state index contributed by atoms with van der Waals surface area (Å²) in [5.41, 5.74) is 3.57. The van der Waals surface area contributed by atoms with Crippen LogP contribution in [-0.4, -0.2) is 26.5 Å². The maximum atomic E-state index is 11.8. The number of hydrogen-bond acceptors (Lipinski definition) is 4. The minimum atomic E-state index is -0.606. The lowest BCUT2D eigenvalue weighted by atomic mass is 9.92. The normalized spacial score (nSPS) is 13.2. The SMILES string of the molecule is CCn1cc(-c2ccc(C(O)CC(C)c3ccc(OC(C)C)c(Cl)c3)cc2)nc1C(C)=O. The van der Waals surface area contributed by atoms with E-state index in [1.807, 2.05) is 74.0 Å². The van der Waals surface area contributed by atoms with Gasteiger partial charge in [0.1, 0.15) is 5.75 Å². The summed E-state index contributed by atoms with van der Waals surface area (Å²) >= 11 is 6.37. The van der Waals surface area contributed by atoms with Gasteiger partial charge in [-0.15, -0.1) is 0 Å². The van der Waals surface area contributed by atoms with Crippen LogP contribution in [0.1, 0.15) is 74.8 Å². The summed E-state index contributed by atoms with van der Waals surface area (Å²) in [6.07, 6.45) is 1.91. The number of Topliss-reactive ketones (excluding diaryl/α,β-unsaturated/α-hetero) is 1. The van der Waals surface area contributed by atoms with E-state index in [-0.39, 0.29) is 17.8 Å². The van der Waals surface area contributed by atoms with Gasteiger partial charge in [0.05, 0.1) is 22.9 Å². The number of carbonyl (C=O) groups excluding carboxylic acids is 1. The highest BCUT2D eigenvalue weighted by Gasteiger charge is 2.17. The third-order valence-corrected chi connectivity index (χ3v) is 5.78. The highest BCUT2D eigenvalue weighted by molar-refractivity contribution is 6.32. The average molecular weight is 455 g/mol. The van der Waals surface area contributed by atoms with Crippen molar-refractivity contribution >= 4 is 17.4 Å². The molecule has 6 heteroatoms. The summed E-state index contributed by atoms with van der Waals surface area (Å²) in [7, 11) is 0. The number of rotatable bonds is 9. The monoisotopic (exact) mass is 454 g/mol. The second-order valence-electron chi connectivity index (χ2n) is 8.42. The summed E-state index contributed by atoms with van der Waals surface area (Å²) in [5, 5.41) is 11.4. The first kappa shape index (κ1) is 24.0. The third kappa shape index (κ3) is 5.59. The summed E-state index contributed by atoms with van der Waals surface area (Å²) in [4.78, 5) is 16.3. The van der Waals surface area contributed by atoms with E-state index in [0.29, 0.717) is 29.6 Å². The predicted molar refractivity (Wildman–Crippen MR) is 129 cm³/mol. The summed E-state index contributed by atoms with van der Waals surface area (Å²) in [6, 6.07) is 13.5. The Morgan fingerprint density at radius 3 is 2.31 bits per heavy atom. The molecule has 0 saturated heterocycles. The van der Waals surface area contributed by atoms with E-state index in [4.69, 9.17) is 16.3 Å². The molecule has 5 nitrogen and oxygen atoms in total. The van der Waals surface area contributed by atoms with E-state index >= 15 is 0 Å². The number of aliphatic hydroxyl groups excluding tert-OH is 1. The lowest BCUT2D eigenvalue weighted by molar-refractivity contribution is 0.0999. The van der Waals surface area contributed by atoms with Crippen LogP contribution in [0.2, 0.25) is 5.02 Å². The van der Waals surface area contributed by atoms with Gasteiger partial charge in [0.25, 0.3) is 0 Å². The first-order chi connectivity index (χ1) is 15.2. The molecular weight excluding hydrogens is 424 g/mol. The number of imidazole rings is 1. The standard InChI is InChI=1S/C26H31ClN2O3/c1-6-29-15-23(28-26(29)18(5)30)19-7-9-20(10-8-19)24(31)13-17(4)21-11-12-25(22(27)14-21)32-16(2)3/h7-12,14-17,24,31H,6,13H2,1-5H3. The predicted octanol–water partition coefficient (Wildman–Crippen LogP) is 6.44. The van der Waals surface area contributed by atoms with Gasteiger partial charge in [-0.25, -0.2) is 4.98 Å². The Morgan fingerprint density at radius 1 is 1.12 bits per heavy atom. The third-order valence-electron chi connectivity index (χ3n) is 5.49. The number of aromatic nitrogens is 2. The molecule has 1 heterocycles. The minimum Gasteiger partial charge on any atom is -0.489 e. The van der Waals surface area contributed by atoms with E-state index in [0.717, 1.165) is 22.4 Å². The smallest absolute Gasteiger partial charge is 0.195 e. The number of aryl methyl sites for hydroxylation is 1. The molecule has 0 aliphatic heterocycles. The van der Waals surface area contributed by atoms with E-state index < -0.39 is 6.10 Å². The molecule has 170 valence electrons. The number of aliphatic hydroxyl groups is 1. The van der Waals surface area contributed by atoms with Crippen molar-refractivity contribution in [1.29, 1.82) is 0 Å². The van der Waals surface area contributed by atoms with Crippen molar-refractivity contribution in [2.75, 3.05) is 0 Å². The zero-order chi connectivity index (χ0) is 23.4. The molecule has 1 N–H and O–H groups in total. The van der Waals surface area contributed by atoms with Crippen LogP contribution >= 0.6 is 11.6 Å². The number of hydrogen-bond donors (Lipinski definition) is 1. The molecule has 3 rings (SSSR count). The molecule has 0 bridgehead atoms. The molecule has 0 fully saturated rings. The Morgan fingerprint density at radius 2 is 1.78 bits per heavy atom. The minimum absolute atomic E-state index is 0.0527. The van der Waals surface area contributed by atoms with Crippen LogP contribution in [0.25, 0.3) is 11.3 Å². The maximum Gasteiger partial charge on any atom is 0.195 e. The van der Waals surface area contributed by atoms with Crippen LogP contribution in [0.4, 0.5) is 0 Å². The average Bonchev–Trinajstić information content (AvgIpc) is 3.20. The summed E-state index contributed by atoms with van der Waals surface area (Å²) in [6.45, 7) is 10.2. The van der Waals surface area contributed by atoms with Crippen LogP contribution in [0.5, 0.6) is 5.75 Å². The molecule has 2 aromatic carbocycles. The Bertz CT molecular complexity index is 1070. The van der Waals surface area contributed by atoms with Crippen molar-refractivity contribution in [2.45, 2.75) is 65.7 Å². The van der Waals surface area contributed by atoms with Crippen LogP contribution in [0.15, 0.2) is 48.7 Å². The molecule has 1 aromatic heterocycles. The summed E-state index contributed by atoms with van der Waals surface area (Å²) in [5.74, 6) is 1.20. The van der Waals surface area contributed by atoms with Crippen molar-refractivity contribution in [3.63, 3.8) is 0 Å². The van der Waals surface area contributed by atoms with Crippen molar-refractivity contribution in [2.24, 2.45) is 0 Å². The van der Waals surface area contributed by atoms with Crippen LogP contribution < -0.4 is 4.74 Å². The zero-order valence-corrected chi connectivity index (χ0v) is 20.1. The van der Waals surface area contributed by atoms with E-state index in [2.05, 4.69) is 11.9 Å². The molecule has 0 aliphatic rings. The largest absolute Gasteiger partial charge is 0.489 e. The molecule has 2 atom stereocenters. The van der Waals surface area contributed by atoms with Crippen LogP contribution in [0, 0.1) is 0 Å². The number of nitrogens with zero attached hydrogens (tertiary/aromatic N) is 2. The van der Waals surface area contributed by atoms with Gasteiger partial charge in [0.15, 0.2) is 11.6 Å². The number of halogens is 1. The zero-order valence-electron chi connectivity index (χ0n) is 19.3. The number of ether oxygens (including phenoxy) is 1. The number of carbonyl (C=O) groups is 1. The van der Waals surface area contributed by atoms with Crippen molar-refractivity contribution < 1.29 is 14.6 Å². The Hall–Kier alpha value is -2.63. The molecule has 0 amide bonds. The van der Waals surface area contributed by atoms with Gasteiger partial charge in [0.2, 0.25) is 0 Å². The molecule has 0 spiro atoms. The number of ketones is 1. The molecule has 0 aliphatic carbocycles. The van der Waals surface area contributed by atoms with Crippen LogP contribution in [0.3, 0.4) is 0 Å².